The quantitative estimate of drug-likeness (QED) is 0.868. The Kier molecular flexibility index (Phi) is 4.57. The molecule has 0 aliphatic carbocycles. The Morgan fingerprint density at radius 3 is 2.21 bits per heavy atom. The van der Waals surface area contributed by atoms with E-state index in [0.717, 1.165) is 0 Å². The van der Waals surface area contributed by atoms with Crippen LogP contribution in [0.15, 0.2) is 12.1 Å². The van der Waals surface area contributed by atoms with Gasteiger partial charge in [-0.2, -0.15) is 0 Å². The zero-order chi connectivity index (χ0) is 14.8. The van der Waals surface area contributed by atoms with Gasteiger partial charge in [0.05, 0.1) is 6.42 Å². The molecular formula is C13H16F3NO2. The van der Waals surface area contributed by atoms with E-state index in [0.29, 0.717) is 12.1 Å². The molecular weight excluding hydrogens is 259 g/mol. The van der Waals surface area contributed by atoms with Gasteiger partial charge in [0.2, 0.25) is 0 Å². The Bertz CT molecular complexity index is 466. The van der Waals surface area contributed by atoms with Gasteiger partial charge in [0, 0.05) is 23.7 Å². The van der Waals surface area contributed by atoms with Crippen molar-refractivity contribution in [2.75, 3.05) is 0 Å². The molecule has 0 spiro atoms. The van der Waals surface area contributed by atoms with Crippen LogP contribution < -0.4 is 5.73 Å². The van der Waals surface area contributed by atoms with Gasteiger partial charge in [0.25, 0.3) is 0 Å². The monoisotopic (exact) mass is 275 g/mol. The predicted molar refractivity (Wildman–Crippen MR) is 63.9 cm³/mol. The van der Waals surface area contributed by atoms with Gasteiger partial charge in [-0.05, 0) is 11.8 Å². The molecule has 3 N–H and O–H groups in total. The Balaban J connectivity index is 2.95. The number of hydrogen-bond donors (Lipinski definition) is 2. The van der Waals surface area contributed by atoms with Gasteiger partial charge < -0.3 is 10.8 Å². The van der Waals surface area contributed by atoms with Crippen LogP contribution in [0.5, 0.6) is 0 Å². The van der Waals surface area contributed by atoms with Crippen LogP contribution in [0.3, 0.4) is 0 Å². The number of carbonyl (C=O) groups is 1. The molecule has 19 heavy (non-hydrogen) atoms. The Labute approximate surface area is 109 Å². The summed E-state index contributed by atoms with van der Waals surface area (Å²) in [5.41, 5.74) is 4.57. The SMILES string of the molecule is CC(C)(CC(=O)O)CC(N)c1c(F)cc(F)cc1F. The lowest BCUT2D eigenvalue weighted by Crippen LogP contribution is -2.25. The molecule has 0 aliphatic heterocycles. The van der Waals surface area contributed by atoms with E-state index < -0.39 is 40.4 Å². The van der Waals surface area contributed by atoms with Crippen molar-refractivity contribution in [2.45, 2.75) is 32.7 Å². The van der Waals surface area contributed by atoms with Crippen molar-refractivity contribution >= 4 is 5.97 Å². The Morgan fingerprint density at radius 2 is 1.79 bits per heavy atom. The van der Waals surface area contributed by atoms with Crippen molar-refractivity contribution in [2.24, 2.45) is 11.1 Å². The second-order valence-corrected chi connectivity index (χ2v) is 5.33. The molecule has 0 amide bonds. The number of hydrogen-bond acceptors (Lipinski definition) is 2. The maximum Gasteiger partial charge on any atom is 0.303 e. The van der Waals surface area contributed by atoms with E-state index in [1.807, 2.05) is 0 Å². The molecule has 0 saturated carbocycles. The number of halogens is 3. The average Bonchev–Trinajstić information content (AvgIpc) is 2.10. The van der Waals surface area contributed by atoms with Crippen molar-refractivity contribution in [3.8, 4) is 0 Å². The fourth-order valence-electron chi connectivity index (χ4n) is 2.09. The van der Waals surface area contributed by atoms with Crippen LogP contribution in [0.1, 0.15) is 38.3 Å². The molecule has 1 atom stereocenters. The summed E-state index contributed by atoms with van der Waals surface area (Å²) in [7, 11) is 0. The van der Waals surface area contributed by atoms with Gasteiger partial charge in [-0.15, -0.1) is 0 Å². The summed E-state index contributed by atoms with van der Waals surface area (Å²) < 4.78 is 39.8. The molecule has 1 aromatic rings. The smallest absolute Gasteiger partial charge is 0.303 e. The lowest BCUT2D eigenvalue weighted by atomic mass is 9.81. The maximum absolute atomic E-state index is 13.5. The number of benzene rings is 1. The fourth-order valence-corrected chi connectivity index (χ4v) is 2.09. The van der Waals surface area contributed by atoms with Crippen LogP contribution in [-0.2, 0) is 4.79 Å². The number of aliphatic carboxylic acids is 1. The van der Waals surface area contributed by atoms with Gasteiger partial charge in [0.1, 0.15) is 17.5 Å². The van der Waals surface area contributed by atoms with E-state index in [-0.39, 0.29) is 12.8 Å². The number of carboxylic acids is 1. The van der Waals surface area contributed by atoms with Gasteiger partial charge in [0.15, 0.2) is 0 Å². The maximum atomic E-state index is 13.5. The summed E-state index contributed by atoms with van der Waals surface area (Å²) in [4.78, 5) is 10.7. The first-order chi connectivity index (χ1) is 8.62. The minimum Gasteiger partial charge on any atom is -0.481 e. The summed E-state index contributed by atoms with van der Waals surface area (Å²) in [6.07, 6.45) is -0.107. The van der Waals surface area contributed by atoms with E-state index >= 15 is 0 Å². The molecule has 0 aliphatic rings. The van der Waals surface area contributed by atoms with Crippen molar-refractivity contribution in [1.82, 2.24) is 0 Å². The normalized spacial score (nSPS) is 13.4. The molecule has 0 saturated heterocycles. The second kappa shape index (κ2) is 5.61. The van der Waals surface area contributed by atoms with Crippen LogP contribution >= 0.6 is 0 Å². The summed E-state index contributed by atoms with van der Waals surface area (Å²) in [6, 6.07) is 0.0836. The number of nitrogens with two attached hydrogens (primary N) is 1. The molecule has 3 nitrogen and oxygen atoms in total. The van der Waals surface area contributed by atoms with E-state index in [2.05, 4.69) is 0 Å². The third-order valence-corrected chi connectivity index (χ3v) is 2.82. The van der Waals surface area contributed by atoms with Crippen molar-refractivity contribution in [3.05, 3.63) is 35.1 Å². The lowest BCUT2D eigenvalue weighted by Gasteiger charge is -2.26. The summed E-state index contributed by atoms with van der Waals surface area (Å²) in [5, 5.41) is 8.74. The van der Waals surface area contributed by atoms with Gasteiger partial charge >= 0.3 is 5.97 Å². The lowest BCUT2D eigenvalue weighted by molar-refractivity contribution is -0.139. The van der Waals surface area contributed by atoms with E-state index in [4.69, 9.17) is 10.8 Å². The van der Waals surface area contributed by atoms with Crippen molar-refractivity contribution < 1.29 is 23.1 Å². The molecule has 0 radical (unpaired) electrons. The molecule has 0 fully saturated rings. The minimum atomic E-state index is -1.06. The van der Waals surface area contributed by atoms with Gasteiger partial charge in [-0.25, -0.2) is 13.2 Å². The molecule has 1 rings (SSSR count). The Hall–Kier alpha value is -1.56. The highest BCUT2D eigenvalue weighted by Crippen LogP contribution is 2.33. The first-order valence-electron chi connectivity index (χ1n) is 5.74. The van der Waals surface area contributed by atoms with E-state index in [1.165, 1.54) is 0 Å². The van der Waals surface area contributed by atoms with Gasteiger partial charge in [-0.3, -0.25) is 4.79 Å². The number of carboxylic acid groups (broad SMARTS) is 1. The topological polar surface area (TPSA) is 63.3 Å². The highest BCUT2D eigenvalue weighted by Gasteiger charge is 2.28. The van der Waals surface area contributed by atoms with Crippen LogP contribution in [0.4, 0.5) is 13.2 Å². The van der Waals surface area contributed by atoms with E-state index in [9.17, 15) is 18.0 Å². The highest BCUT2D eigenvalue weighted by molar-refractivity contribution is 5.67. The summed E-state index contributed by atoms with van der Waals surface area (Å²) in [5.74, 6) is -4.15. The molecule has 0 heterocycles. The molecule has 0 aromatic heterocycles. The van der Waals surface area contributed by atoms with E-state index in [1.54, 1.807) is 13.8 Å². The van der Waals surface area contributed by atoms with Crippen LogP contribution in [0, 0.1) is 22.9 Å². The van der Waals surface area contributed by atoms with Crippen molar-refractivity contribution in [3.63, 3.8) is 0 Å². The molecule has 106 valence electrons. The van der Waals surface area contributed by atoms with Gasteiger partial charge in [-0.1, -0.05) is 13.8 Å². The summed E-state index contributed by atoms with van der Waals surface area (Å²) in [6.45, 7) is 3.28. The first kappa shape index (κ1) is 15.5. The van der Waals surface area contributed by atoms with Crippen LogP contribution in [-0.4, -0.2) is 11.1 Å². The minimum absolute atomic E-state index is 0.0682. The average molecular weight is 275 g/mol. The summed E-state index contributed by atoms with van der Waals surface area (Å²) >= 11 is 0. The zero-order valence-electron chi connectivity index (χ0n) is 10.7. The standard InChI is InChI=1S/C13H16F3NO2/c1-13(2,6-11(18)19)5-10(17)12-8(15)3-7(14)4-9(12)16/h3-4,10H,5-6,17H2,1-2H3,(H,18,19). The third kappa shape index (κ3) is 4.24. The fraction of sp³-hybridized carbons (Fsp3) is 0.462. The third-order valence-electron chi connectivity index (χ3n) is 2.82. The molecule has 6 heteroatoms. The molecule has 1 aromatic carbocycles. The second-order valence-electron chi connectivity index (χ2n) is 5.33. The van der Waals surface area contributed by atoms with Crippen molar-refractivity contribution in [1.29, 1.82) is 0 Å². The predicted octanol–water partition coefficient (Wildman–Crippen LogP) is 2.99. The molecule has 0 bridgehead atoms. The largest absolute Gasteiger partial charge is 0.481 e. The zero-order valence-corrected chi connectivity index (χ0v) is 10.7. The van der Waals surface area contributed by atoms with Crippen LogP contribution in [0.25, 0.3) is 0 Å². The Morgan fingerprint density at radius 1 is 1.32 bits per heavy atom. The highest BCUT2D eigenvalue weighted by atomic mass is 19.1. The first-order valence-corrected chi connectivity index (χ1v) is 5.74. The van der Waals surface area contributed by atoms with Crippen LogP contribution in [0.2, 0.25) is 0 Å². The number of rotatable bonds is 5. The molecule has 1 unspecified atom stereocenters.